The monoisotopic (exact) mass is 417 g/mol. The number of benzene rings is 1. The molecule has 0 bridgehead atoms. The number of aromatic nitrogens is 3. The van der Waals surface area contributed by atoms with Crippen molar-refractivity contribution in [1.82, 2.24) is 24.8 Å². The molecule has 1 amide bonds. The van der Waals surface area contributed by atoms with E-state index in [-0.39, 0.29) is 24.0 Å². The van der Waals surface area contributed by atoms with Crippen LogP contribution in [0.15, 0.2) is 24.4 Å². The van der Waals surface area contributed by atoms with Crippen molar-refractivity contribution in [2.75, 3.05) is 26.3 Å². The first-order valence-corrected chi connectivity index (χ1v) is 9.49. The molecule has 1 N–H and O–H groups in total. The summed E-state index contributed by atoms with van der Waals surface area (Å²) in [5.41, 5.74) is 4.33. The third-order valence-electron chi connectivity index (χ3n) is 4.77. The van der Waals surface area contributed by atoms with Crippen molar-refractivity contribution in [1.29, 1.82) is 0 Å². The number of halogens is 2. The van der Waals surface area contributed by atoms with E-state index in [0.717, 1.165) is 12.1 Å². The Bertz CT molecular complexity index is 1080. The number of fused-ring (bicyclic) bond motifs is 1. The van der Waals surface area contributed by atoms with Crippen molar-refractivity contribution in [2.24, 2.45) is 0 Å². The predicted octanol–water partition coefficient (Wildman–Crippen LogP) is 2.18. The number of aryl methyl sites for hydroxylation is 2. The number of amides is 1. The molecule has 158 valence electrons. The number of hydrogen-bond acceptors (Lipinski definition) is 6. The van der Waals surface area contributed by atoms with E-state index in [0.29, 0.717) is 49.0 Å². The summed E-state index contributed by atoms with van der Waals surface area (Å²) in [5, 5.41) is 1.79. The Balaban J connectivity index is 1.64. The van der Waals surface area contributed by atoms with E-state index in [1.165, 1.54) is 6.07 Å². The van der Waals surface area contributed by atoms with Crippen molar-refractivity contribution in [3.63, 3.8) is 0 Å². The highest BCUT2D eigenvalue weighted by Crippen LogP contribution is 2.23. The molecule has 3 aromatic rings. The van der Waals surface area contributed by atoms with Crippen molar-refractivity contribution in [3.8, 4) is 5.88 Å². The molecule has 1 aliphatic rings. The average Bonchev–Trinajstić information content (AvgIpc) is 3.04. The molecule has 0 saturated carbocycles. The number of hydrazine groups is 1. The van der Waals surface area contributed by atoms with Crippen LogP contribution in [0.2, 0.25) is 0 Å². The normalized spacial score (nSPS) is 14.8. The van der Waals surface area contributed by atoms with Crippen molar-refractivity contribution in [3.05, 3.63) is 58.7 Å². The molecule has 10 heteroatoms. The van der Waals surface area contributed by atoms with E-state index in [1.807, 2.05) is 0 Å². The van der Waals surface area contributed by atoms with E-state index in [2.05, 4.69) is 15.4 Å². The quantitative estimate of drug-likeness (QED) is 0.686. The Labute approximate surface area is 171 Å². The average molecular weight is 417 g/mol. The van der Waals surface area contributed by atoms with Crippen molar-refractivity contribution >= 4 is 11.6 Å². The minimum atomic E-state index is -0.705. The minimum absolute atomic E-state index is 0.0891. The van der Waals surface area contributed by atoms with Crippen LogP contribution in [0, 0.1) is 25.5 Å². The third-order valence-corrected chi connectivity index (χ3v) is 4.77. The van der Waals surface area contributed by atoms with Gasteiger partial charge in [-0.15, -0.1) is 0 Å². The lowest BCUT2D eigenvalue weighted by atomic mass is 10.2. The fourth-order valence-corrected chi connectivity index (χ4v) is 3.30. The topological polar surface area (TPSA) is 81.0 Å². The zero-order valence-corrected chi connectivity index (χ0v) is 16.6. The van der Waals surface area contributed by atoms with Crippen LogP contribution in [-0.4, -0.2) is 51.6 Å². The number of nitrogens with zero attached hydrogens (tertiary/aromatic N) is 4. The molecule has 0 unspecified atom stereocenters. The molecule has 0 aliphatic carbocycles. The number of morpholine rings is 1. The second-order valence-electron chi connectivity index (χ2n) is 6.96. The number of carbonyl (C=O) groups is 1. The molecule has 8 nitrogen and oxygen atoms in total. The molecule has 0 atom stereocenters. The molecule has 2 aromatic heterocycles. The van der Waals surface area contributed by atoms with Gasteiger partial charge in [0, 0.05) is 19.3 Å². The molecular weight excluding hydrogens is 396 g/mol. The molecule has 3 heterocycles. The number of rotatable bonds is 5. The van der Waals surface area contributed by atoms with E-state index < -0.39 is 11.6 Å². The largest absolute Gasteiger partial charge is 0.470 e. The van der Waals surface area contributed by atoms with Crippen LogP contribution in [0.1, 0.15) is 27.4 Å². The van der Waals surface area contributed by atoms with Gasteiger partial charge in [0.2, 0.25) is 5.65 Å². The smallest absolute Gasteiger partial charge is 0.284 e. The Morgan fingerprint density at radius 1 is 1.20 bits per heavy atom. The lowest BCUT2D eigenvalue weighted by molar-refractivity contribution is 0.0124. The van der Waals surface area contributed by atoms with Gasteiger partial charge in [-0.05, 0) is 26.0 Å². The number of ether oxygens (including phenoxy) is 2. The Kier molecular flexibility index (Phi) is 5.60. The van der Waals surface area contributed by atoms with Crippen LogP contribution in [0.4, 0.5) is 8.78 Å². The highest BCUT2D eigenvalue weighted by molar-refractivity contribution is 5.94. The second-order valence-corrected chi connectivity index (χ2v) is 6.96. The summed E-state index contributed by atoms with van der Waals surface area (Å²) in [7, 11) is 0. The molecule has 1 aromatic carbocycles. The first-order valence-electron chi connectivity index (χ1n) is 9.49. The Hall–Kier alpha value is -3.11. The fraction of sp³-hybridized carbons (Fsp3) is 0.350. The molecule has 0 spiro atoms. The molecule has 1 fully saturated rings. The minimum Gasteiger partial charge on any atom is -0.470 e. The van der Waals surface area contributed by atoms with Gasteiger partial charge in [0.05, 0.1) is 30.2 Å². The molecular formula is C20H21F2N5O3. The molecule has 1 aliphatic heterocycles. The third kappa shape index (κ3) is 3.96. The van der Waals surface area contributed by atoms with Gasteiger partial charge in [0.15, 0.2) is 0 Å². The number of imidazole rings is 1. The van der Waals surface area contributed by atoms with Crippen LogP contribution < -0.4 is 10.2 Å². The van der Waals surface area contributed by atoms with Gasteiger partial charge in [-0.2, -0.15) is 0 Å². The summed E-state index contributed by atoms with van der Waals surface area (Å²) in [4.78, 5) is 21.6. The van der Waals surface area contributed by atoms with Crippen LogP contribution in [0.5, 0.6) is 5.88 Å². The zero-order valence-electron chi connectivity index (χ0n) is 16.6. The highest BCUT2D eigenvalue weighted by Gasteiger charge is 2.23. The second kappa shape index (κ2) is 8.33. The van der Waals surface area contributed by atoms with Crippen LogP contribution in [0.3, 0.4) is 0 Å². The van der Waals surface area contributed by atoms with Gasteiger partial charge in [-0.25, -0.2) is 23.8 Å². The molecule has 30 heavy (non-hydrogen) atoms. The summed E-state index contributed by atoms with van der Waals surface area (Å²) in [6.45, 7) is 5.34. The number of hydrogen-bond donors (Lipinski definition) is 1. The predicted molar refractivity (Wildman–Crippen MR) is 103 cm³/mol. The summed E-state index contributed by atoms with van der Waals surface area (Å²) in [6.07, 6.45) is 1.67. The van der Waals surface area contributed by atoms with Crippen LogP contribution in [0.25, 0.3) is 5.65 Å². The molecule has 4 rings (SSSR count). The van der Waals surface area contributed by atoms with Gasteiger partial charge >= 0.3 is 0 Å². The van der Waals surface area contributed by atoms with Crippen LogP contribution >= 0.6 is 0 Å². The van der Waals surface area contributed by atoms with Crippen molar-refractivity contribution in [2.45, 2.75) is 20.5 Å². The fourth-order valence-electron chi connectivity index (χ4n) is 3.30. The maximum Gasteiger partial charge on any atom is 0.284 e. The van der Waals surface area contributed by atoms with Gasteiger partial charge < -0.3 is 9.47 Å². The van der Waals surface area contributed by atoms with Gasteiger partial charge in [0.25, 0.3) is 11.8 Å². The van der Waals surface area contributed by atoms with E-state index in [4.69, 9.17) is 9.47 Å². The number of carbonyl (C=O) groups excluding carboxylic acids is 1. The maximum absolute atomic E-state index is 13.9. The Morgan fingerprint density at radius 2 is 1.90 bits per heavy atom. The molecule has 0 radical (unpaired) electrons. The highest BCUT2D eigenvalue weighted by atomic mass is 19.1. The Morgan fingerprint density at radius 3 is 2.60 bits per heavy atom. The lowest BCUT2D eigenvalue weighted by Crippen LogP contribution is -2.48. The van der Waals surface area contributed by atoms with Crippen LogP contribution in [-0.2, 0) is 11.3 Å². The van der Waals surface area contributed by atoms with E-state index >= 15 is 0 Å². The number of nitrogens with one attached hydrogen (secondary N) is 1. The summed E-state index contributed by atoms with van der Waals surface area (Å²) >= 11 is 0. The standard InChI is InChI=1S/C20H21F2N5O3/c1-12-10-27-17(19(28)25-26-6-8-29-9-7-26)13(2)24-18(27)20(23-12)30-11-14-15(21)4-3-5-16(14)22/h3-5,10H,6-9,11H2,1-2H3,(H,25,28). The summed E-state index contributed by atoms with van der Waals surface area (Å²) in [5.74, 6) is -1.64. The van der Waals surface area contributed by atoms with Gasteiger partial charge in [-0.1, -0.05) is 6.07 Å². The molecule has 1 saturated heterocycles. The first kappa shape index (κ1) is 20.2. The van der Waals surface area contributed by atoms with Gasteiger partial charge in [0.1, 0.15) is 23.9 Å². The SMILES string of the molecule is Cc1cn2c(C(=O)NN3CCOCC3)c(C)nc2c(OCc2c(F)cccc2F)n1. The van der Waals surface area contributed by atoms with Crippen molar-refractivity contribution < 1.29 is 23.0 Å². The maximum atomic E-state index is 13.9. The lowest BCUT2D eigenvalue weighted by Gasteiger charge is -2.26. The van der Waals surface area contributed by atoms with Gasteiger partial charge in [-0.3, -0.25) is 14.6 Å². The first-order chi connectivity index (χ1) is 14.4. The summed E-state index contributed by atoms with van der Waals surface area (Å²) in [6, 6.07) is 3.61. The summed E-state index contributed by atoms with van der Waals surface area (Å²) < 4.78 is 40.3. The zero-order chi connectivity index (χ0) is 21.3. The van der Waals surface area contributed by atoms with E-state index in [1.54, 1.807) is 29.5 Å². The van der Waals surface area contributed by atoms with E-state index in [9.17, 15) is 13.6 Å².